The monoisotopic (exact) mass is 240 g/mol. The molecule has 84 valence electrons. The molecule has 0 radical (unpaired) electrons. The first-order chi connectivity index (χ1) is 8.43. The van der Waals surface area contributed by atoms with Gasteiger partial charge in [0.05, 0.1) is 0 Å². The first kappa shape index (κ1) is 10.4. The largest absolute Gasteiger partial charge is 0.488 e. The Morgan fingerprint density at radius 2 is 1.82 bits per heavy atom. The number of rotatable bonds is 3. The molecule has 0 bridgehead atoms. The Morgan fingerprint density at radius 3 is 2.71 bits per heavy atom. The molecule has 0 aliphatic carbocycles. The Bertz CT molecular complexity index is 608. The zero-order chi connectivity index (χ0) is 11.5. The van der Waals surface area contributed by atoms with Gasteiger partial charge in [0.1, 0.15) is 12.4 Å². The van der Waals surface area contributed by atoms with Gasteiger partial charge in [0.15, 0.2) is 0 Å². The van der Waals surface area contributed by atoms with E-state index in [4.69, 9.17) is 4.74 Å². The number of ether oxygens (including phenoxy) is 1. The molecule has 2 heteroatoms. The van der Waals surface area contributed by atoms with Gasteiger partial charge in [-0.15, -0.1) is 0 Å². The molecule has 0 spiro atoms. The minimum absolute atomic E-state index is 0.636. The Balaban J connectivity index is 1.90. The molecular formula is C15H12OS. The van der Waals surface area contributed by atoms with Crippen molar-refractivity contribution in [2.75, 3.05) is 0 Å². The Morgan fingerprint density at radius 1 is 0.941 bits per heavy atom. The Labute approximate surface area is 104 Å². The SMILES string of the molecule is c1ccc2c(OCc3ccsc3)cccc2c1. The van der Waals surface area contributed by atoms with Gasteiger partial charge in [-0.2, -0.15) is 11.3 Å². The topological polar surface area (TPSA) is 9.23 Å². The normalized spacial score (nSPS) is 10.6. The van der Waals surface area contributed by atoms with Gasteiger partial charge >= 0.3 is 0 Å². The zero-order valence-electron chi connectivity index (χ0n) is 9.30. The average Bonchev–Trinajstić information content (AvgIpc) is 2.89. The van der Waals surface area contributed by atoms with E-state index in [0.29, 0.717) is 6.61 Å². The summed E-state index contributed by atoms with van der Waals surface area (Å²) in [5.41, 5.74) is 1.22. The molecule has 0 saturated heterocycles. The maximum absolute atomic E-state index is 5.87. The van der Waals surface area contributed by atoms with Gasteiger partial charge in [-0.05, 0) is 33.8 Å². The Kier molecular flexibility index (Phi) is 2.80. The van der Waals surface area contributed by atoms with Crippen LogP contribution >= 0.6 is 11.3 Å². The van der Waals surface area contributed by atoms with E-state index in [1.165, 1.54) is 16.3 Å². The maximum Gasteiger partial charge on any atom is 0.127 e. The summed E-state index contributed by atoms with van der Waals surface area (Å²) in [5, 5.41) is 6.58. The molecular weight excluding hydrogens is 228 g/mol. The lowest BCUT2D eigenvalue weighted by atomic mass is 10.1. The van der Waals surface area contributed by atoms with Crippen LogP contribution < -0.4 is 4.74 Å². The van der Waals surface area contributed by atoms with Crippen LogP contribution in [0.1, 0.15) is 5.56 Å². The van der Waals surface area contributed by atoms with Gasteiger partial charge in [-0.1, -0.05) is 36.4 Å². The zero-order valence-corrected chi connectivity index (χ0v) is 10.1. The maximum atomic E-state index is 5.87. The van der Waals surface area contributed by atoms with E-state index in [1.54, 1.807) is 11.3 Å². The van der Waals surface area contributed by atoms with Crippen LogP contribution in [0.3, 0.4) is 0 Å². The van der Waals surface area contributed by atoms with Gasteiger partial charge < -0.3 is 4.74 Å². The number of hydrogen-bond donors (Lipinski definition) is 0. The van der Waals surface area contributed by atoms with Crippen molar-refractivity contribution in [3.8, 4) is 5.75 Å². The predicted octanol–water partition coefficient (Wildman–Crippen LogP) is 4.48. The highest BCUT2D eigenvalue weighted by Crippen LogP contribution is 2.26. The van der Waals surface area contributed by atoms with E-state index < -0.39 is 0 Å². The molecule has 0 aliphatic heterocycles. The van der Waals surface area contributed by atoms with Crippen molar-refractivity contribution < 1.29 is 4.74 Å². The van der Waals surface area contributed by atoms with Gasteiger partial charge in [0.25, 0.3) is 0 Å². The van der Waals surface area contributed by atoms with Crippen molar-refractivity contribution in [3.63, 3.8) is 0 Å². The minimum Gasteiger partial charge on any atom is -0.488 e. The third-order valence-corrected chi connectivity index (χ3v) is 3.46. The fourth-order valence-corrected chi connectivity index (χ4v) is 2.51. The summed E-state index contributed by atoms with van der Waals surface area (Å²) in [7, 11) is 0. The molecule has 3 aromatic rings. The van der Waals surface area contributed by atoms with Crippen LogP contribution in [0, 0.1) is 0 Å². The van der Waals surface area contributed by atoms with Crippen molar-refractivity contribution in [3.05, 3.63) is 64.9 Å². The standard InChI is InChI=1S/C15H12OS/c1-2-6-14-13(4-1)5-3-7-15(14)16-10-12-8-9-17-11-12/h1-9,11H,10H2. The molecule has 0 fully saturated rings. The average molecular weight is 240 g/mol. The van der Waals surface area contributed by atoms with Gasteiger partial charge in [-0.25, -0.2) is 0 Å². The van der Waals surface area contributed by atoms with E-state index in [0.717, 1.165) is 5.75 Å². The first-order valence-electron chi connectivity index (χ1n) is 5.55. The number of benzene rings is 2. The van der Waals surface area contributed by atoms with Crippen molar-refractivity contribution in [2.24, 2.45) is 0 Å². The lowest BCUT2D eigenvalue weighted by Crippen LogP contribution is -1.94. The minimum atomic E-state index is 0.636. The van der Waals surface area contributed by atoms with Crippen molar-refractivity contribution in [1.82, 2.24) is 0 Å². The second-order valence-corrected chi connectivity index (χ2v) is 4.68. The summed E-state index contributed by atoms with van der Waals surface area (Å²) in [6, 6.07) is 16.5. The third-order valence-electron chi connectivity index (χ3n) is 2.72. The highest BCUT2D eigenvalue weighted by Gasteiger charge is 2.01. The van der Waals surface area contributed by atoms with Crippen LogP contribution in [0.2, 0.25) is 0 Å². The smallest absolute Gasteiger partial charge is 0.127 e. The van der Waals surface area contributed by atoms with Crippen molar-refractivity contribution >= 4 is 22.1 Å². The second-order valence-electron chi connectivity index (χ2n) is 3.90. The molecule has 0 N–H and O–H groups in total. The molecule has 1 nitrogen and oxygen atoms in total. The molecule has 3 rings (SSSR count). The predicted molar refractivity (Wildman–Crippen MR) is 72.6 cm³/mol. The fourth-order valence-electron chi connectivity index (χ4n) is 1.86. The van der Waals surface area contributed by atoms with E-state index in [1.807, 2.05) is 24.3 Å². The fraction of sp³-hybridized carbons (Fsp3) is 0.0667. The van der Waals surface area contributed by atoms with Crippen LogP contribution in [0.25, 0.3) is 10.8 Å². The Hall–Kier alpha value is -1.80. The summed E-state index contributed by atoms with van der Waals surface area (Å²) in [6.45, 7) is 0.636. The van der Waals surface area contributed by atoms with E-state index in [2.05, 4.69) is 35.0 Å². The van der Waals surface area contributed by atoms with E-state index in [-0.39, 0.29) is 0 Å². The molecule has 17 heavy (non-hydrogen) atoms. The summed E-state index contributed by atoms with van der Waals surface area (Å²) in [4.78, 5) is 0. The number of fused-ring (bicyclic) bond motifs is 1. The molecule has 0 aliphatic rings. The van der Waals surface area contributed by atoms with Gasteiger partial charge in [0.2, 0.25) is 0 Å². The molecule has 2 aromatic carbocycles. The molecule has 0 amide bonds. The lowest BCUT2D eigenvalue weighted by Gasteiger charge is -2.08. The van der Waals surface area contributed by atoms with Crippen LogP contribution in [-0.2, 0) is 6.61 Å². The molecule has 0 atom stereocenters. The summed E-state index contributed by atoms with van der Waals surface area (Å²) in [6.07, 6.45) is 0. The molecule has 1 heterocycles. The van der Waals surface area contributed by atoms with E-state index >= 15 is 0 Å². The van der Waals surface area contributed by atoms with Crippen LogP contribution in [-0.4, -0.2) is 0 Å². The quantitative estimate of drug-likeness (QED) is 0.656. The number of thiophene rings is 1. The summed E-state index contributed by atoms with van der Waals surface area (Å²) in [5.74, 6) is 0.953. The van der Waals surface area contributed by atoms with Gasteiger partial charge in [0, 0.05) is 5.39 Å². The number of hydrogen-bond acceptors (Lipinski definition) is 2. The highest BCUT2D eigenvalue weighted by molar-refractivity contribution is 7.07. The highest BCUT2D eigenvalue weighted by atomic mass is 32.1. The second kappa shape index (κ2) is 4.60. The van der Waals surface area contributed by atoms with Gasteiger partial charge in [-0.3, -0.25) is 0 Å². The summed E-state index contributed by atoms with van der Waals surface area (Å²) < 4.78 is 5.87. The molecule has 0 unspecified atom stereocenters. The van der Waals surface area contributed by atoms with Crippen LogP contribution in [0.4, 0.5) is 0 Å². The third kappa shape index (κ3) is 2.17. The van der Waals surface area contributed by atoms with E-state index in [9.17, 15) is 0 Å². The molecule has 1 aromatic heterocycles. The summed E-state index contributed by atoms with van der Waals surface area (Å²) >= 11 is 1.70. The lowest BCUT2D eigenvalue weighted by molar-refractivity contribution is 0.310. The molecule has 0 saturated carbocycles. The van der Waals surface area contributed by atoms with Crippen LogP contribution in [0.5, 0.6) is 5.75 Å². The van der Waals surface area contributed by atoms with Crippen molar-refractivity contribution in [1.29, 1.82) is 0 Å². The first-order valence-corrected chi connectivity index (χ1v) is 6.49. The van der Waals surface area contributed by atoms with Crippen molar-refractivity contribution in [2.45, 2.75) is 6.61 Å². The van der Waals surface area contributed by atoms with Crippen LogP contribution in [0.15, 0.2) is 59.3 Å².